The van der Waals surface area contributed by atoms with Crippen LogP contribution in [-0.4, -0.2) is 0 Å². The second-order valence-electron chi connectivity index (χ2n) is 37.5. The van der Waals surface area contributed by atoms with Crippen LogP contribution in [-0.2, 0) is 32.5 Å². The molecule has 3 nitrogen and oxygen atoms in total. The Morgan fingerprint density at radius 1 is 0.285 bits per heavy atom. The molecule has 0 N–H and O–H groups in total. The fourth-order valence-corrected chi connectivity index (χ4v) is 27.1. The minimum absolute atomic E-state index is 0.114. The first kappa shape index (κ1) is 74.2. The Morgan fingerprint density at radius 2 is 0.724 bits per heavy atom. The summed E-state index contributed by atoms with van der Waals surface area (Å²) in [4.78, 5) is 10.2. The normalized spacial score (nSPS) is 19.2. The van der Waals surface area contributed by atoms with Gasteiger partial charge in [-0.25, -0.2) is 0 Å². The van der Waals surface area contributed by atoms with Crippen LogP contribution in [0.1, 0.15) is 176 Å². The molecule has 3 heterocycles. The molecule has 4 unspecified atom stereocenters. The van der Waals surface area contributed by atoms with E-state index in [0.717, 1.165) is 39.0 Å². The summed E-state index contributed by atoms with van der Waals surface area (Å²) in [5.41, 5.74) is 34.6. The first-order chi connectivity index (χ1) is 60.0. The number of hydrogen-bond acceptors (Lipinski definition) is 5. The summed E-state index contributed by atoms with van der Waals surface area (Å²) in [7, 11) is 0. The zero-order valence-corrected chi connectivity index (χ0v) is 72.4. The lowest BCUT2D eigenvalue weighted by molar-refractivity contribution is 0.233. The zero-order chi connectivity index (χ0) is 82.6. The molecule has 5 aliphatic carbocycles. The highest BCUT2D eigenvalue weighted by Gasteiger charge is 2.56. The van der Waals surface area contributed by atoms with E-state index in [9.17, 15) is 0 Å². The smallest absolute Gasteiger partial charge is 0.137 e. The summed E-state index contributed by atoms with van der Waals surface area (Å²) in [6.07, 6.45) is 5.32. The van der Waals surface area contributed by atoms with Gasteiger partial charge in [0.2, 0.25) is 0 Å². The van der Waals surface area contributed by atoms with Gasteiger partial charge in [-0.3, -0.25) is 0 Å². The molecule has 0 saturated heterocycles. The number of furan rings is 1. The molecule has 5 heteroatoms. The molecule has 2 aliphatic heterocycles. The summed E-state index contributed by atoms with van der Waals surface area (Å²) < 4.78 is 6.54. The van der Waals surface area contributed by atoms with Gasteiger partial charge in [0, 0.05) is 75.4 Å². The third-order valence-electron chi connectivity index (χ3n) is 30.0. The van der Waals surface area contributed by atoms with Crippen molar-refractivity contribution in [3.8, 4) is 22.3 Å². The highest BCUT2D eigenvalue weighted by atomic mass is 32.2. The topological polar surface area (TPSA) is 19.6 Å². The quantitative estimate of drug-likeness (QED) is 0.158. The minimum atomic E-state index is -0.565. The molecule has 17 aromatic carbocycles. The molecular formula is C118H94N2OS2. The summed E-state index contributed by atoms with van der Waals surface area (Å²) in [6.45, 7) is 19.6. The second kappa shape index (κ2) is 27.4. The largest absolute Gasteiger partial charge is 0.456 e. The number of hydrogen-bond donors (Lipinski definition) is 0. The van der Waals surface area contributed by atoms with E-state index in [2.05, 4.69) is 423 Å². The van der Waals surface area contributed by atoms with Crippen molar-refractivity contribution < 1.29 is 4.42 Å². The second-order valence-corrected chi connectivity index (χ2v) is 39.6. The Balaban J connectivity index is 0.000000139. The molecule has 0 bridgehead atoms. The van der Waals surface area contributed by atoms with Crippen LogP contribution < -0.4 is 9.80 Å². The summed E-state index contributed by atoms with van der Waals surface area (Å²) in [5.74, 6) is 1.35. The van der Waals surface area contributed by atoms with E-state index in [1.807, 2.05) is 29.6 Å². The van der Waals surface area contributed by atoms with Gasteiger partial charge in [-0.2, -0.15) is 0 Å². The molecular weight excluding hydrogens is 1530 g/mol. The van der Waals surface area contributed by atoms with E-state index in [1.165, 1.54) is 184 Å². The average Bonchev–Trinajstić information content (AvgIpc) is 1.37. The standard InChI is InChI=1S/C62H55NS.C56H39NOS/c1-59(2)46-22-11-9-20-42(46)44-33-31-39(36-53(44)59)63(40-32-34-45-43-21-10-12-23-47(43)60(3,4)54(45)37-40)55-28-17-27-52-58(55)64-56-29-16-15-26-50(56)62(52)49-25-14-13-24-48(49)61(5,6)57-41-19-8-7-18-38(41)30-35-51(57)62;1-55(2)44-20-9-10-21-45(44)56(47-34-29-38-17-6-7-18-41(38)53(47)55)46-22-11-13-26-52(46)59-54-48(56)23-14-24-49(54)57(39-30-27-37(28-31-39)36-15-4-3-5-16-36)40-32-33-43-42-19-8-12-25-50(42)58-51(43)35-40/h7-9,11,13-20,22,24-37,43,47H,10,12,21,23H2,1-6H3;3-35H,1-2H3. The number of para-hydroxylation sites is 1. The van der Waals surface area contributed by atoms with Crippen molar-refractivity contribution in [2.75, 3.05) is 9.80 Å². The maximum atomic E-state index is 6.54. The number of benzene rings is 17. The third-order valence-corrected chi connectivity index (χ3v) is 32.4. The van der Waals surface area contributed by atoms with E-state index in [1.54, 1.807) is 11.1 Å². The number of rotatable bonds is 7. The van der Waals surface area contributed by atoms with Crippen LogP contribution in [0.25, 0.3) is 65.7 Å². The first-order valence-corrected chi connectivity index (χ1v) is 45.8. The predicted molar refractivity (Wildman–Crippen MR) is 514 cm³/mol. The van der Waals surface area contributed by atoms with Crippen molar-refractivity contribution in [3.05, 3.63) is 453 Å². The van der Waals surface area contributed by atoms with Gasteiger partial charge in [0.05, 0.1) is 22.2 Å². The first-order valence-electron chi connectivity index (χ1n) is 44.2. The highest BCUT2D eigenvalue weighted by molar-refractivity contribution is 8.00. The minimum Gasteiger partial charge on any atom is -0.456 e. The predicted octanol–water partition coefficient (Wildman–Crippen LogP) is 32.0. The number of nitrogens with zero attached hydrogens (tertiary/aromatic N) is 2. The van der Waals surface area contributed by atoms with Crippen molar-refractivity contribution in [3.63, 3.8) is 0 Å². The van der Waals surface area contributed by atoms with Crippen LogP contribution in [0, 0.1) is 5.92 Å². The Bertz CT molecular complexity index is 7450. The maximum absolute atomic E-state index is 6.54. The molecule has 1 aromatic heterocycles. The fourth-order valence-electron chi connectivity index (χ4n) is 24.5. The highest BCUT2D eigenvalue weighted by Crippen LogP contribution is 2.68. The van der Waals surface area contributed by atoms with Crippen LogP contribution in [0.4, 0.5) is 34.1 Å². The molecule has 4 atom stereocenters. The average molecular weight is 1620 g/mol. The van der Waals surface area contributed by atoms with Crippen LogP contribution in [0.3, 0.4) is 0 Å². The van der Waals surface area contributed by atoms with Gasteiger partial charge in [-0.05, 0) is 242 Å². The molecule has 25 rings (SSSR count). The molecule has 594 valence electrons. The van der Waals surface area contributed by atoms with Gasteiger partial charge >= 0.3 is 0 Å². The molecule has 1 saturated carbocycles. The summed E-state index contributed by atoms with van der Waals surface area (Å²) in [5, 5.41) is 7.47. The lowest BCUT2D eigenvalue weighted by atomic mass is 9.53. The Hall–Kier alpha value is -12.6. The molecule has 0 amide bonds. The molecule has 7 aliphatic rings. The van der Waals surface area contributed by atoms with E-state index in [0.29, 0.717) is 11.8 Å². The fraction of sp³-hybridized carbons (Fsp3) is 0.169. The number of anilines is 6. The molecule has 2 spiro atoms. The zero-order valence-electron chi connectivity index (χ0n) is 70.7. The van der Waals surface area contributed by atoms with E-state index in [4.69, 9.17) is 4.42 Å². The van der Waals surface area contributed by atoms with Crippen molar-refractivity contribution in [1.29, 1.82) is 0 Å². The van der Waals surface area contributed by atoms with Crippen molar-refractivity contribution in [2.45, 2.75) is 139 Å². The van der Waals surface area contributed by atoms with E-state index < -0.39 is 10.8 Å². The van der Waals surface area contributed by atoms with Crippen LogP contribution in [0.2, 0.25) is 0 Å². The van der Waals surface area contributed by atoms with Crippen LogP contribution >= 0.6 is 23.5 Å². The van der Waals surface area contributed by atoms with Crippen molar-refractivity contribution >= 4 is 101 Å². The molecule has 1 fully saturated rings. The van der Waals surface area contributed by atoms with Crippen molar-refractivity contribution in [2.24, 2.45) is 5.92 Å². The van der Waals surface area contributed by atoms with Gasteiger partial charge in [0.25, 0.3) is 0 Å². The lowest BCUT2D eigenvalue weighted by Crippen LogP contribution is -2.43. The maximum Gasteiger partial charge on any atom is 0.137 e. The Morgan fingerprint density at radius 3 is 1.33 bits per heavy atom. The van der Waals surface area contributed by atoms with Crippen molar-refractivity contribution in [1.82, 2.24) is 0 Å². The van der Waals surface area contributed by atoms with E-state index in [-0.39, 0.29) is 21.7 Å². The SMILES string of the molecule is CC1(C)c2ccccc2-c2ccc(N(c3ccc4c(c3)C(C)(C)C3CCCCC43)c3cccc4c3Sc3ccccc3C43c4ccccc4C(C)(C)c4c3ccc3ccccc43)cc21.CC1(C)c2ccccc2C2(c3ccccc3Sc3c(N(c4ccc(-c5ccccc5)cc4)c4ccc5c(c4)oc4ccccc45)cccc32)c2ccc3ccccc3c21. The van der Waals surface area contributed by atoms with Crippen LogP contribution in [0.15, 0.2) is 388 Å². The van der Waals surface area contributed by atoms with Gasteiger partial charge in [-0.15, -0.1) is 0 Å². The molecule has 18 aromatic rings. The Labute approximate surface area is 730 Å². The van der Waals surface area contributed by atoms with Gasteiger partial charge < -0.3 is 14.2 Å². The van der Waals surface area contributed by atoms with Crippen LogP contribution in [0.5, 0.6) is 0 Å². The number of fused-ring (bicyclic) bond motifs is 29. The Kier molecular flexibility index (Phi) is 16.6. The van der Waals surface area contributed by atoms with Gasteiger partial charge in [0.1, 0.15) is 11.2 Å². The molecule has 123 heavy (non-hydrogen) atoms. The lowest BCUT2D eigenvalue weighted by Gasteiger charge is -2.51. The van der Waals surface area contributed by atoms with E-state index >= 15 is 0 Å². The molecule has 0 radical (unpaired) electrons. The monoisotopic (exact) mass is 1620 g/mol. The summed E-state index contributed by atoms with van der Waals surface area (Å²) in [6, 6.07) is 138. The van der Waals surface area contributed by atoms with Gasteiger partial charge in [-0.1, -0.05) is 371 Å². The van der Waals surface area contributed by atoms with Gasteiger partial charge in [0.15, 0.2) is 0 Å². The third kappa shape index (κ3) is 10.6. The summed E-state index contributed by atoms with van der Waals surface area (Å²) >= 11 is 3.85.